The Morgan fingerprint density at radius 3 is 2.17 bits per heavy atom. The summed E-state index contributed by atoms with van der Waals surface area (Å²) in [5.41, 5.74) is 5.41. The molecule has 1 aliphatic heterocycles. The molecule has 0 unspecified atom stereocenters. The van der Waals surface area contributed by atoms with Gasteiger partial charge in [0.2, 0.25) is 0 Å². The third-order valence-corrected chi connectivity index (χ3v) is 5.62. The zero-order valence-electron chi connectivity index (χ0n) is 17.9. The smallest absolute Gasteiger partial charge is 0.255 e. The van der Waals surface area contributed by atoms with Crippen LogP contribution in [0.4, 0.5) is 4.39 Å². The van der Waals surface area contributed by atoms with Crippen LogP contribution in [0.3, 0.4) is 0 Å². The highest BCUT2D eigenvalue weighted by Crippen LogP contribution is 2.31. The summed E-state index contributed by atoms with van der Waals surface area (Å²) in [6.07, 6.45) is 0.0162. The predicted octanol–water partition coefficient (Wildman–Crippen LogP) is 5.15. The second-order valence-corrected chi connectivity index (χ2v) is 8.17. The normalized spacial score (nSPS) is 19.2. The van der Waals surface area contributed by atoms with Crippen molar-refractivity contribution in [3.05, 3.63) is 77.2 Å². The van der Waals surface area contributed by atoms with E-state index in [1.807, 2.05) is 50.8 Å². The van der Waals surface area contributed by atoms with Gasteiger partial charge in [0, 0.05) is 24.5 Å². The molecule has 1 saturated heterocycles. The molecule has 3 aromatic rings. The van der Waals surface area contributed by atoms with E-state index in [4.69, 9.17) is 4.74 Å². The van der Waals surface area contributed by atoms with Crippen LogP contribution in [-0.2, 0) is 4.74 Å². The largest absolute Gasteiger partial charge is 0.372 e. The van der Waals surface area contributed by atoms with Crippen molar-refractivity contribution in [2.75, 3.05) is 13.1 Å². The van der Waals surface area contributed by atoms with Crippen molar-refractivity contribution >= 4 is 5.91 Å². The lowest BCUT2D eigenvalue weighted by atomic mass is 10.1. The number of hydrogen-bond acceptors (Lipinski definition) is 2. The van der Waals surface area contributed by atoms with Gasteiger partial charge in [-0.1, -0.05) is 17.7 Å². The molecule has 156 valence electrons. The molecule has 1 aromatic heterocycles. The minimum absolute atomic E-state index is 0.00345. The Morgan fingerprint density at radius 1 is 0.967 bits per heavy atom. The number of rotatable bonds is 3. The van der Waals surface area contributed by atoms with Gasteiger partial charge in [0.05, 0.1) is 23.5 Å². The van der Waals surface area contributed by atoms with E-state index < -0.39 is 0 Å². The fourth-order valence-electron chi connectivity index (χ4n) is 4.20. The van der Waals surface area contributed by atoms with E-state index in [2.05, 4.69) is 16.7 Å². The minimum Gasteiger partial charge on any atom is -0.372 e. The number of nitrogens with zero attached hydrogens (tertiary/aromatic N) is 2. The van der Waals surface area contributed by atoms with E-state index in [0.717, 1.165) is 22.6 Å². The first-order valence-electron chi connectivity index (χ1n) is 10.3. The Kier molecular flexibility index (Phi) is 5.48. The molecule has 1 aliphatic rings. The van der Waals surface area contributed by atoms with Crippen molar-refractivity contribution in [2.24, 2.45) is 0 Å². The molecule has 4 rings (SSSR count). The number of morpholine rings is 1. The first-order valence-corrected chi connectivity index (χ1v) is 10.3. The van der Waals surface area contributed by atoms with Gasteiger partial charge in [-0.2, -0.15) is 0 Å². The molecule has 0 spiro atoms. The van der Waals surface area contributed by atoms with Crippen molar-refractivity contribution in [2.45, 2.75) is 39.9 Å². The average molecular weight is 407 g/mol. The lowest BCUT2D eigenvalue weighted by molar-refractivity contribution is -0.0586. The fourth-order valence-corrected chi connectivity index (χ4v) is 4.20. The van der Waals surface area contributed by atoms with Gasteiger partial charge in [-0.15, -0.1) is 0 Å². The SMILES string of the molecule is Cc1ccc(-n2c(-c3ccc(F)cc3)cc(C(=O)N3C[C@@H](C)O[C@@H](C)C3)c2C)cc1. The van der Waals surface area contributed by atoms with Gasteiger partial charge in [0.1, 0.15) is 5.82 Å². The molecule has 1 fully saturated rings. The van der Waals surface area contributed by atoms with Crippen LogP contribution in [0.2, 0.25) is 0 Å². The molecule has 0 N–H and O–H groups in total. The molecule has 1 amide bonds. The Labute approximate surface area is 176 Å². The number of carbonyl (C=O) groups is 1. The van der Waals surface area contributed by atoms with Gasteiger partial charge < -0.3 is 14.2 Å². The second-order valence-electron chi connectivity index (χ2n) is 8.17. The highest BCUT2D eigenvalue weighted by molar-refractivity contribution is 5.97. The van der Waals surface area contributed by atoms with E-state index in [-0.39, 0.29) is 23.9 Å². The summed E-state index contributed by atoms with van der Waals surface area (Å²) in [5, 5.41) is 0. The first-order chi connectivity index (χ1) is 14.3. The van der Waals surface area contributed by atoms with Crippen LogP contribution in [0.25, 0.3) is 16.9 Å². The van der Waals surface area contributed by atoms with E-state index in [0.29, 0.717) is 18.7 Å². The standard InChI is InChI=1S/C25H27FN2O2/c1-16-5-11-22(12-6-16)28-19(4)23(13-24(28)20-7-9-21(26)10-8-20)25(29)27-14-17(2)30-18(3)15-27/h5-13,17-18H,14-15H2,1-4H3/t17-,18+. The maximum atomic E-state index is 13.5. The van der Waals surface area contributed by atoms with E-state index in [9.17, 15) is 9.18 Å². The van der Waals surface area contributed by atoms with Crippen LogP contribution in [0, 0.1) is 19.7 Å². The van der Waals surface area contributed by atoms with Gasteiger partial charge >= 0.3 is 0 Å². The van der Waals surface area contributed by atoms with Gasteiger partial charge in [-0.3, -0.25) is 4.79 Å². The number of hydrogen-bond donors (Lipinski definition) is 0. The monoisotopic (exact) mass is 406 g/mol. The number of aromatic nitrogens is 1. The van der Waals surface area contributed by atoms with Gasteiger partial charge in [0.25, 0.3) is 5.91 Å². The number of amides is 1. The topological polar surface area (TPSA) is 34.5 Å². The van der Waals surface area contributed by atoms with Crippen molar-refractivity contribution in [1.82, 2.24) is 9.47 Å². The van der Waals surface area contributed by atoms with Crippen molar-refractivity contribution in [3.8, 4) is 16.9 Å². The zero-order valence-corrected chi connectivity index (χ0v) is 17.9. The molecular weight excluding hydrogens is 379 g/mol. The third-order valence-electron chi connectivity index (χ3n) is 5.62. The summed E-state index contributed by atoms with van der Waals surface area (Å²) >= 11 is 0. The summed E-state index contributed by atoms with van der Waals surface area (Å²) in [6.45, 7) is 9.14. The second kappa shape index (κ2) is 8.07. The minimum atomic E-state index is -0.281. The Morgan fingerprint density at radius 2 is 1.57 bits per heavy atom. The maximum Gasteiger partial charge on any atom is 0.255 e. The number of aryl methyl sites for hydroxylation is 1. The number of ether oxygens (including phenoxy) is 1. The van der Waals surface area contributed by atoms with Crippen LogP contribution >= 0.6 is 0 Å². The fraction of sp³-hybridized carbons (Fsp3) is 0.320. The molecule has 0 saturated carbocycles. The van der Waals surface area contributed by atoms with Crippen LogP contribution in [0.1, 0.15) is 35.5 Å². The van der Waals surface area contributed by atoms with Crippen LogP contribution in [0.15, 0.2) is 54.6 Å². The Hall–Kier alpha value is -2.92. The quantitative estimate of drug-likeness (QED) is 0.603. The van der Waals surface area contributed by atoms with E-state index >= 15 is 0 Å². The summed E-state index contributed by atoms with van der Waals surface area (Å²) < 4.78 is 21.4. The maximum absolute atomic E-state index is 13.5. The van der Waals surface area contributed by atoms with Crippen molar-refractivity contribution in [1.29, 1.82) is 0 Å². The molecule has 0 aliphatic carbocycles. The third kappa shape index (κ3) is 3.90. The van der Waals surface area contributed by atoms with E-state index in [1.54, 1.807) is 12.1 Å². The van der Waals surface area contributed by atoms with Crippen LogP contribution in [-0.4, -0.2) is 40.7 Å². The molecule has 0 radical (unpaired) electrons. The zero-order chi connectivity index (χ0) is 21.4. The number of benzene rings is 2. The highest BCUT2D eigenvalue weighted by Gasteiger charge is 2.29. The number of halogens is 1. The van der Waals surface area contributed by atoms with Crippen molar-refractivity contribution in [3.63, 3.8) is 0 Å². The van der Waals surface area contributed by atoms with Crippen LogP contribution < -0.4 is 0 Å². The predicted molar refractivity (Wildman–Crippen MR) is 117 cm³/mol. The summed E-state index contributed by atoms with van der Waals surface area (Å²) in [5.74, 6) is -0.278. The van der Waals surface area contributed by atoms with Gasteiger partial charge in [0.15, 0.2) is 0 Å². The molecule has 2 aromatic carbocycles. The molecule has 2 heterocycles. The first kappa shape index (κ1) is 20.4. The number of carbonyl (C=O) groups excluding carboxylic acids is 1. The van der Waals surface area contributed by atoms with Gasteiger partial charge in [-0.05, 0) is 75.7 Å². The average Bonchev–Trinajstić information content (AvgIpc) is 3.05. The molecule has 30 heavy (non-hydrogen) atoms. The van der Waals surface area contributed by atoms with Crippen LogP contribution in [0.5, 0.6) is 0 Å². The lowest BCUT2D eigenvalue weighted by Gasteiger charge is -2.35. The summed E-state index contributed by atoms with van der Waals surface area (Å²) in [7, 11) is 0. The summed E-state index contributed by atoms with van der Waals surface area (Å²) in [4.78, 5) is 15.3. The molecule has 2 atom stereocenters. The Bertz CT molecular complexity index is 1040. The van der Waals surface area contributed by atoms with Crippen molar-refractivity contribution < 1.29 is 13.9 Å². The van der Waals surface area contributed by atoms with Gasteiger partial charge in [-0.25, -0.2) is 4.39 Å². The lowest BCUT2D eigenvalue weighted by Crippen LogP contribution is -2.48. The molecular formula is C25H27FN2O2. The Balaban J connectivity index is 1.82. The summed E-state index contributed by atoms with van der Waals surface area (Å²) in [6, 6.07) is 16.5. The molecule has 5 heteroatoms. The molecule has 0 bridgehead atoms. The van der Waals surface area contributed by atoms with E-state index in [1.165, 1.54) is 17.7 Å². The molecule has 4 nitrogen and oxygen atoms in total. The highest BCUT2D eigenvalue weighted by atomic mass is 19.1.